The Morgan fingerprint density at radius 1 is 1.33 bits per heavy atom. The van der Waals surface area contributed by atoms with E-state index in [9.17, 15) is 0 Å². The highest BCUT2D eigenvalue weighted by Crippen LogP contribution is 1.93. The maximum absolute atomic E-state index is 5.32. The van der Waals surface area contributed by atoms with Crippen LogP contribution >= 0.6 is 0 Å². The van der Waals surface area contributed by atoms with E-state index in [4.69, 9.17) is 9.47 Å². The molecule has 0 spiro atoms. The Hall–Kier alpha value is -0.160. The number of hydrogen-bond donors (Lipinski definition) is 1. The molecule has 0 aromatic rings. The number of methoxy groups -OCH3 is 1. The maximum Gasteiger partial charge on any atom is 0.0593 e. The third kappa shape index (κ3) is 8.81. The molecule has 0 aromatic carbocycles. The van der Waals surface area contributed by atoms with Crippen LogP contribution in [0.15, 0.2) is 0 Å². The molecule has 0 saturated heterocycles. The largest absolute Gasteiger partial charge is 0.383 e. The lowest BCUT2D eigenvalue weighted by molar-refractivity contribution is 0.109. The topological polar surface area (TPSA) is 33.7 Å². The Labute approximate surface area is 93.9 Å². The zero-order valence-electron chi connectivity index (χ0n) is 10.6. The van der Waals surface area contributed by atoms with Crippen molar-refractivity contribution in [3.05, 3.63) is 0 Å². The molecule has 0 fully saturated rings. The molecule has 0 aromatic heterocycles. The van der Waals surface area contributed by atoms with Gasteiger partial charge in [-0.1, -0.05) is 0 Å². The standard InChI is InChI=1S/C11H26N2O2/c1-5-15-9-7-13(3)11(2)10-12-6-8-14-4/h11-12H,5-10H2,1-4H3. The average molecular weight is 218 g/mol. The molecule has 0 heterocycles. The maximum atomic E-state index is 5.32. The van der Waals surface area contributed by atoms with Crippen LogP contribution in [0.3, 0.4) is 0 Å². The molecule has 92 valence electrons. The van der Waals surface area contributed by atoms with Crippen molar-refractivity contribution < 1.29 is 9.47 Å². The van der Waals surface area contributed by atoms with Crippen LogP contribution in [0, 0.1) is 0 Å². The summed E-state index contributed by atoms with van der Waals surface area (Å²) >= 11 is 0. The first kappa shape index (κ1) is 14.8. The van der Waals surface area contributed by atoms with Crippen molar-refractivity contribution in [2.75, 3.05) is 53.6 Å². The third-order valence-corrected chi connectivity index (χ3v) is 2.47. The summed E-state index contributed by atoms with van der Waals surface area (Å²) in [6, 6.07) is 0.530. The summed E-state index contributed by atoms with van der Waals surface area (Å²) in [5.41, 5.74) is 0. The molecule has 0 aliphatic rings. The quantitative estimate of drug-likeness (QED) is 0.544. The van der Waals surface area contributed by atoms with Gasteiger partial charge in [0.25, 0.3) is 0 Å². The van der Waals surface area contributed by atoms with Gasteiger partial charge in [0.05, 0.1) is 13.2 Å². The predicted octanol–water partition coefficient (Wildman–Crippen LogP) is 0.579. The average Bonchev–Trinajstić information content (AvgIpc) is 2.24. The van der Waals surface area contributed by atoms with Crippen molar-refractivity contribution in [3.63, 3.8) is 0 Å². The van der Waals surface area contributed by atoms with Crippen molar-refractivity contribution in [2.24, 2.45) is 0 Å². The summed E-state index contributed by atoms with van der Waals surface area (Å²) in [6.07, 6.45) is 0. The number of nitrogens with zero attached hydrogens (tertiary/aromatic N) is 1. The number of ether oxygens (including phenoxy) is 2. The zero-order valence-corrected chi connectivity index (χ0v) is 10.6. The summed E-state index contributed by atoms with van der Waals surface area (Å²) in [4.78, 5) is 2.30. The monoisotopic (exact) mass is 218 g/mol. The third-order valence-electron chi connectivity index (χ3n) is 2.47. The van der Waals surface area contributed by atoms with E-state index in [0.29, 0.717) is 6.04 Å². The molecule has 15 heavy (non-hydrogen) atoms. The van der Waals surface area contributed by atoms with Crippen LogP contribution in [0.1, 0.15) is 13.8 Å². The predicted molar refractivity (Wildman–Crippen MR) is 63.3 cm³/mol. The van der Waals surface area contributed by atoms with Gasteiger partial charge in [-0.25, -0.2) is 0 Å². The van der Waals surface area contributed by atoms with Gasteiger partial charge in [0.2, 0.25) is 0 Å². The van der Waals surface area contributed by atoms with Crippen molar-refractivity contribution in [3.8, 4) is 0 Å². The fourth-order valence-electron chi connectivity index (χ4n) is 1.21. The molecule has 0 rings (SSSR count). The molecule has 1 unspecified atom stereocenters. The molecule has 1 atom stereocenters. The number of nitrogens with one attached hydrogen (secondary N) is 1. The molecular weight excluding hydrogens is 192 g/mol. The van der Waals surface area contributed by atoms with Gasteiger partial charge in [0.15, 0.2) is 0 Å². The molecule has 0 amide bonds. The van der Waals surface area contributed by atoms with Gasteiger partial charge in [0, 0.05) is 39.4 Å². The van der Waals surface area contributed by atoms with E-state index in [1.165, 1.54) is 0 Å². The first-order chi connectivity index (χ1) is 7.22. The fraction of sp³-hybridized carbons (Fsp3) is 1.00. The Bertz CT molecular complexity index is 134. The highest BCUT2D eigenvalue weighted by atomic mass is 16.5. The summed E-state index contributed by atoms with van der Waals surface area (Å²) < 4.78 is 10.3. The van der Waals surface area contributed by atoms with Gasteiger partial charge in [0.1, 0.15) is 0 Å². The van der Waals surface area contributed by atoms with E-state index in [2.05, 4.69) is 24.2 Å². The van der Waals surface area contributed by atoms with Gasteiger partial charge in [-0.05, 0) is 20.9 Å². The first-order valence-corrected chi connectivity index (χ1v) is 5.70. The summed E-state index contributed by atoms with van der Waals surface area (Å²) in [7, 11) is 3.85. The van der Waals surface area contributed by atoms with Gasteiger partial charge < -0.3 is 19.7 Å². The smallest absolute Gasteiger partial charge is 0.0593 e. The van der Waals surface area contributed by atoms with E-state index < -0.39 is 0 Å². The minimum absolute atomic E-state index is 0.530. The van der Waals surface area contributed by atoms with Crippen molar-refractivity contribution in [1.29, 1.82) is 0 Å². The second-order valence-corrected chi connectivity index (χ2v) is 3.72. The Balaban J connectivity index is 3.38. The van der Waals surface area contributed by atoms with Crippen molar-refractivity contribution >= 4 is 0 Å². The van der Waals surface area contributed by atoms with E-state index in [0.717, 1.165) is 39.5 Å². The van der Waals surface area contributed by atoms with E-state index in [1.54, 1.807) is 7.11 Å². The molecular formula is C11H26N2O2. The summed E-state index contributed by atoms with van der Waals surface area (Å²) in [6.45, 7) is 9.52. The van der Waals surface area contributed by atoms with Crippen LogP contribution in [0.25, 0.3) is 0 Å². The second kappa shape index (κ2) is 10.4. The molecule has 0 bridgehead atoms. The SMILES string of the molecule is CCOCCN(C)C(C)CNCCOC. The summed E-state index contributed by atoms with van der Waals surface area (Å²) in [5.74, 6) is 0. The second-order valence-electron chi connectivity index (χ2n) is 3.72. The molecule has 1 N–H and O–H groups in total. The van der Waals surface area contributed by atoms with E-state index in [1.807, 2.05) is 6.92 Å². The number of rotatable bonds is 10. The Morgan fingerprint density at radius 2 is 2.07 bits per heavy atom. The van der Waals surface area contributed by atoms with Crippen LogP contribution in [-0.2, 0) is 9.47 Å². The number of likely N-dealkylation sites (N-methyl/N-ethyl adjacent to an activating group) is 1. The van der Waals surface area contributed by atoms with Gasteiger partial charge >= 0.3 is 0 Å². The zero-order chi connectivity index (χ0) is 11.5. The lowest BCUT2D eigenvalue weighted by Crippen LogP contribution is -2.40. The van der Waals surface area contributed by atoms with E-state index >= 15 is 0 Å². The van der Waals surface area contributed by atoms with Crippen molar-refractivity contribution in [1.82, 2.24) is 10.2 Å². The van der Waals surface area contributed by atoms with Crippen LogP contribution in [-0.4, -0.2) is 64.6 Å². The molecule has 4 heteroatoms. The fourth-order valence-corrected chi connectivity index (χ4v) is 1.21. The minimum atomic E-state index is 0.530. The first-order valence-electron chi connectivity index (χ1n) is 5.70. The Morgan fingerprint density at radius 3 is 2.67 bits per heavy atom. The lowest BCUT2D eigenvalue weighted by atomic mass is 10.3. The van der Waals surface area contributed by atoms with Gasteiger partial charge in [-0.2, -0.15) is 0 Å². The van der Waals surface area contributed by atoms with E-state index in [-0.39, 0.29) is 0 Å². The highest BCUT2D eigenvalue weighted by molar-refractivity contribution is 4.65. The van der Waals surface area contributed by atoms with Crippen LogP contribution < -0.4 is 5.32 Å². The minimum Gasteiger partial charge on any atom is -0.383 e. The lowest BCUT2D eigenvalue weighted by Gasteiger charge is -2.24. The Kier molecular flexibility index (Phi) is 10.3. The van der Waals surface area contributed by atoms with Crippen LogP contribution in [0.4, 0.5) is 0 Å². The van der Waals surface area contributed by atoms with Crippen LogP contribution in [0.2, 0.25) is 0 Å². The van der Waals surface area contributed by atoms with Crippen molar-refractivity contribution in [2.45, 2.75) is 19.9 Å². The normalized spacial score (nSPS) is 13.4. The molecule has 0 radical (unpaired) electrons. The van der Waals surface area contributed by atoms with Crippen LogP contribution in [0.5, 0.6) is 0 Å². The molecule has 0 aliphatic heterocycles. The summed E-state index contributed by atoms with van der Waals surface area (Å²) in [5, 5.41) is 3.35. The number of hydrogen-bond acceptors (Lipinski definition) is 4. The molecule has 0 aliphatic carbocycles. The van der Waals surface area contributed by atoms with Gasteiger partial charge in [-0.15, -0.1) is 0 Å². The molecule has 0 saturated carbocycles. The highest BCUT2D eigenvalue weighted by Gasteiger charge is 2.07. The molecule has 4 nitrogen and oxygen atoms in total. The van der Waals surface area contributed by atoms with Gasteiger partial charge in [-0.3, -0.25) is 0 Å².